The molecule has 3 heteroatoms. The molecule has 0 radical (unpaired) electrons. The summed E-state index contributed by atoms with van der Waals surface area (Å²) < 4.78 is 2.08. The second-order valence-corrected chi connectivity index (χ2v) is 4.40. The molecule has 88 valence electrons. The SMILES string of the molecule is C=CCn1c(C)c(C=O)c(Cl)c1C(C)CC. The van der Waals surface area contributed by atoms with E-state index in [0.29, 0.717) is 23.0 Å². The number of carbonyl (C=O) groups excluding carboxylic acids is 1. The molecule has 0 spiro atoms. The van der Waals surface area contributed by atoms with Crippen molar-refractivity contribution in [3.8, 4) is 0 Å². The Balaban J connectivity index is 3.42. The van der Waals surface area contributed by atoms with Crippen molar-refractivity contribution >= 4 is 17.9 Å². The van der Waals surface area contributed by atoms with Crippen LogP contribution in [0.4, 0.5) is 0 Å². The third kappa shape index (κ3) is 2.07. The summed E-state index contributed by atoms with van der Waals surface area (Å²) in [5.41, 5.74) is 2.58. The molecule has 0 saturated heterocycles. The van der Waals surface area contributed by atoms with Gasteiger partial charge in [0.2, 0.25) is 0 Å². The van der Waals surface area contributed by atoms with E-state index in [-0.39, 0.29) is 0 Å². The molecular formula is C13H18ClNO. The van der Waals surface area contributed by atoms with Gasteiger partial charge < -0.3 is 4.57 Å². The summed E-state index contributed by atoms with van der Waals surface area (Å²) in [6.45, 7) is 10.6. The molecule has 1 atom stereocenters. The zero-order valence-corrected chi connectivity index (χ0v) is 10.8. The Morgan fingerprint density at radius 1 is 1.56 bits per heavy atom. The Morgan fingerprint density at radius 3 is 2.62 bits per heavy atom. The maximum Gasteiger partial charge on any atom is 0.153 e. The van der Waals surface area contributed by atoms with Gasteiger partial charge in [0.1, 0.15) is 0 Å². The Labute approximate surface area is 102 Å². The van der Waals surface area contributed by atoms with Crippen LogP contribution in [0.25, 0.3) is 0 Å². The third-order valence-electron chi connectivity index (χ3n) is 3.06. The smallest absolute Gasteiger partial charge is 0.153 e. The Kier molecular flexibility index (Phi) is 4.36. The molecule has 1 aromatic heterocycles. The maximum atomic E-state index is 11.0. The van der Waals surface area contributed by atoms with E-state index in [4.69, 9.17) is 11.6 Å². The second-order valence-electron chi connectivity index (χ2n) is 4.02. The summed E-state index contributed by atoms with van der Waals surface area (Å²) in [7, 11) is 0. The van der Waals surface area contributed by atoms with Crippen LogP contribution >= 0.6 is 11.6 Å². The summed E-state index contributed by atoms with van der Waals surface area (Å²) in [5, 5.41) is 0.601. The van der Waals surface area contributed by atoms with E-state index in [0.717, 1.165) is 24.1 Å². The molecule has 2 nitrogen and oxygen atoms in total. The van der Waals surface area contributed by atoms with E-state index in [1.54, 1.807) is 0 Å². The van der Waals surface area contributed by atoms with E-state index in [2.05, 4.69) is 25.0 Å². The van der Waals surface area contributed by atoms with Crippen LogP contribution in [-0.4, -0.2) is 10.9 Å². The summed E-state index contributed by atoms with van der Waals surface area (Å²) in [4.78, 5) is 11.0. The van der Waals surface area contributed by atoms with E-state index < -0.39 is 0 Å². The van der Waals surface area contributed by atoms with Gasteiger partial charge in [0.25, 0.3) is 0 Å². The Bertz CT molecular complexity index is 407. The van der Waals surface area contributed by atoms with E-state index >= 15 is 0 Å². The fourth-order valence-corrected chi connectivity index (χ4v) is 2.39. The van der Waals surface area contributed by atoms with Crippen molar-refractivity contribution in [2.24, 2.45) is 0 Å². The lowest BCUT2D eigenvalue weighted by Gasteiger charge is -2.14. The molecule has 0 aromatic carbocycles. The molecule has 0 aliphatic rings. The standard InChI is InChI=1S/C13H18ClNO/c1-5-7-15-10(4)11(8-16)12(14)13(15)9(3)6-2/h5,8-9H,1,6-7H2,2-4H3. The van der Waals surface area contributed by atoms with Crippen LogP contribution in [0.15, 0.2) is 12.7 Å². The lowest BCUT2D eigenvalue weighted by atomic mass is 10.0. The topological polar surface area (TPSA) is 22.0 Å². The van der Waals surface area contributed by atoms with Gasteiger partial charge in [-0.05, 0) is 19.3 Å². The number of aldehydes is 1. The van der Waals surface area contributed by atoms with Gasteiger partial charge in [0.05, 0.1) is 10.6 Å². The van der Waals surface area contributed by atoms with Gasteiger partial charge in [0, 0.05) is 17.9 Å². The number of halogens is 1. The van der Waals surface area contributed by atoms with Crippen LogP contribution in [0.5, 0.6) is 0 Å². The minimum atomic E-state index is 0.347. The molecule has 1 heterocycles. The van der Waals surface area contributed by atoms with Crippen LogP contribution in [0.3, 0.4) is 0 Å². The van der Waals surface area contributed by atoms with Gasteiger partial charge in [0.15, 0.2) is 6.29 Å². The lowest BCUT2D eigenvalue weighted by Crippen LogP contribution is -2.06. The first-order chi connectivity index (χ1) is 7.58. The highest BCUT2D eigenvalue weighted by atomic mass is 35.5. The Morgan fingerprint density at radius 2 is 2.19 bits per heavy atom. The van der Waals surface area contributed by atoms with E-state index in [1.807, 2.05) is 13.0 Å². The molecular weight excluding hydrogens is 222 g/mol. The number of rotatable bonds is 5. The van der Waals surface area contributed by atoms with Crippen molar-refractivity contribution in [3.63, 3.8) is 0 Å². The van der Waals surface area contributed by atoms with Crippen LogP contribution in [0.2, 0.25) is 5.02 Å². The second kappa shape index (κ2) is 5.35. The van der Waals surface area contributed by atoms with Crippen molar-refractivity contribution < 1.29 is 4.79 Å². The van der Waals surface area contributed by atoms with Crippen molar-refractivity contribution in [2.75, 3.05) is 0 Å². The first kappa shape index (κ1) is 13.0. The van der Waals surface area contributed by atoms with Gasteiger partial charge in [-0.2, -0.15) is 0 Å². The van der Waals surface area contributed by atoms with Crippen molar-refractivity contribution in [3.05, 3.63) is 34.6 Å². The average Bonchev–Trinajstić information content (AvgIpc) is 2.50. The normalized spacial score (nSPS) is 12.5. The zero-order valence-electron chi connectivity index (χ0n) is 10.1. The van der Waals surface area contributed by atoms with Gasteiger partial charge in [-0.3, -0.25) is 4.79 Å². The lowest BCUT2D eigenvalue weighted by molar-refractivity contribution is 0.112. The predicted octanol–water partition coefficient (Wildman–Crippen LogP) is 3.96. The monoisotopic (exact) mass is 239 g/mol. The highest BCUT2D eigenvalue weighted by Crippen LogP contribution is 2.33. The largest absolute Gasteiger partial charge is 0.343 e. The first-order valence-electron chi connectivity index (χ1n) is 5.52. The molecule has 1 unspecified atom stereocenters. The molecule has 0 bridgehead atoms. The number of aromatic nitrogens is 1. The number of carbonyl (C=O) groups is 1. The number of hydrogen-bond donors (Lipinski definition) is 0. The fraction of sp³-hybridized carbons (Fsp3) is 0.462. The van der Waals surface area contributed by atoms with E-state index in [1.165, 1.54) is 0 Å². The summed E-state index contributed by atoms with van der Waals surface area (Å²) in [6.07, 6.45) is 3.66. The van der Waals surface area contributed by atoms with Gasteiger partial charge in [-0.25, -0.2) is 0 Å². The number of allylic oxidation sites excluding steroid dienone is 1. The minimum absolute atomic E-state index is 0.347. The molecule has 0 saturated carbocycles. The molecule has 1 rings (SSSR count). The van der Waals surface area contributed by atoms with Crippen LogP contribution in [0.1, 0.15) is 47.9 Å². The number of nitrogens with zero attached hydrogens (tertiary/aromatic N) is 1. The zero-order chi connectivity index (χ0) is 12.3. The van der Waals surface area contributed by atoms with E-state index in [9.17, 15) is 4.79 Å². The molecule has 1 aromatic rings. The summed E-state index contributed by atoms with van der Waals surface area (Å²) in [6, 6.07) is 0. The molecule has 0 fully saturated rings. The third-order valence-corrected chi connectivity index (χ3v) is 3.45. The Hall–Kier alpha value is -1.02. The summed E-state index contributed by atoms with van der Waals surface area (Å²) in [5.74, 6) is 0.347. The van der Waals surface area contributed by atoms with Gasteiger partial charge >= 0.3 is 0 Å². The van der Waals surface area contributed by atoms with Gasteiger partial charge in [-0.15, -0.1) is 6.58 Å². The minimum Gasteiger partial charge on any atom is -0.343 e. The predicted molar refractivity (Wildman–Crippen MR) is 68.5 cm³/mol. The van der Waals surface area contributed by atoms with Crippen LogP contribution < -0.4 is 0 Å². The molecule has 0 amide bonds. The maximum absolute atomic E-state index is 11.0. The highest BCUT2D eigenvalue weighted by Gasteiger charge is 2.21. The van der Waals surface area contributed by atoms with Gasteiger partial charge in [-0.1, -0.05) is 31.5 Å². The molecule has 16 heavy (non-hydrogen) atoms. The summed E-state index contributed by atoms with van der Waals surface area (Å²) >= 11 is 6.26. The fourth-order valence-electron chi connectivity index (χ4n) is 1.92. The quantitative estimate of drug-likeness (QED) is 0.563. The average molecular weight is 240 g/mol. The van der Waals surface area contributed by atoms with Crippen molar-refractivity contribution in [2.45, 2.75) is 39.7 Å². The van der Waals surface area contributed by atoms with Crippen molar-refractivity contribution in [1.82, 2.24) is 4.57 Å². The molecule has 0 aliphatic heterocycles. The molecule has 0 N–H and O–H groups in total. The van der Waals surface area contributed by atoms with Crippen LogP contribution in [0, 0.1) is 6.92 Å². The van der Waals surface area contributed by atoms with Crippen molar-refractivity contribution in [1.29, 1.82) is 0 Å². The number of hydrogen-bond acceptors (Lipinski definition) is 1. The first-order valence-corrected chi connectivity index (χ1v) is 5.90. The molecule has 0 aliphatic carbocycles. The van der Waals surface area contributed by atoms with Crippen LogP contribution in [-0.2, 0) is 6.54 Å². The highest BCUT2D eigenvalue weighted by molar-refractivity contribution is 6.34.